The molecule has 4 saturated carbocycles. The van der Waals surface area contributed by atoms with Crippen LogP contribution in [-0.4, -0.2) is 18.0 Å². The predicted molar refractivity (Wildman–Crippen MR) is 92.2 cm³/mol. The maximum absolute atomic E-state index is 12.4. The van der Waals surface area contributed by atoms with Gasteiger partial charge >= 0.3 is 0 Å². The summed E-state index contributed by atoms with van der Waals surface area (Å²) in [7, 11) is 0. The summed E-state index contributed by atoms with van der Waals surface area (Å²) in [5.41, 5.74) is 3.72. The van der Waals surface area contributed by atoms with E-state index in [2.05, 4.69) is 36.6 Å². The van der Waals surface area contributed by atoms with Crippen LogP contribution in [0.25, 0.3) is 0 Å². The van der Waals surface area contributed by atoms with Gasteiger partial charge in [-0.3, -0.25) is 4.79 Å². The lowest BCUT2D eigenvalue weighted by atomic mass is 9.53. The summed E-state index contributed by atoms with van der Waals surface area (Å²) in [5.74, 6) is 2.98. The highest BCUT2D eigenvalue weighted by molar-refractivity contribution is 5.92. The van der Waals surface area contributed by atoms with Crippen LogP contribution in [0.15, 0.2) is 18.2 Å². The Balaban J connectivity index is 1.36. The number of quaternary nitrogens is 1. The van der Waals surface area contributed by atoms with Crippen molar-refractivity contribution >= 4 is 11.6 Å². The van der Waals surface area contributed by atoms with Crippen LogP contribution in [0.1, 0.15) is 49.7 Å². The summed E-state index contributed by atoms with van der Waals surface area (Å²) in [6.07, 6.45) is 8.41. The third-order valence-corrected chi connectivity index (χ3v) is 6.46. The van der Waals surface area contributed by atoms with Crippen molar-refractivity contribution in [2.45, 2.75) is 57.9 Å². The standard InChI is InChI=1S/C20H28N2O/c1-13-3-4-18(14(2)5-13)22-19(23)12-21-20-9-15-6-16(10-20)8-17(7-15)11-20/h3-5,15-17,21H,6-12H2,1-2H3,(H,22,23)/p+1. The molecule has 124 valence electrons. The third-order valence-electron chi connectivity index (χ3n) is 6.46. The first-order valence-electron chi connectivity index (χ1n) is 9.23. The number of nitrogens with one attached hydrogen (secondary N) is 1. The van der Waals surface area contributed by atoms with Crippen molar-refractivity contribution in [1.82, 2.24) is 0 Å². The molecule has 0 aromatic heterocycles. The van der Waals surface area contributed by atoms with Gasteiger partial charge < -0.3 is 10.6 Å². The van der Waals surface area contributed by atoms with Crippen LogP contribution in [0, 0.1) is 31.6 Å². The number of amides is 1. The molecule has 0 saturated heterocycles. The van der Waals surface area contributed by atoms with E-state index in [0.717, 1.165) is 29.0 Å². The van der Waals surface area contributed by atoms with Gasteiger partial charge in [-0.25, -0.2) is 0 Å². The molecule has 4 bridgehead atoms. The minimum absolute atomic E-state index is 0.146. The Hall–Kier alpha value is -1.35. The Morgan fingerprint density at radius 3 is 2.30 bits per heavy atom. The average Bonchev–Trinajstić information content (AvgIpc) is 2.47. The van der Waals surface area contributed by atoms with Crippen LogP contribution in [0.5, 0.6) is 0 Å². The number of rotatable bonds is 4. The van der Waals surface area contributed by atoms with Gasteiger partial charge in [-0.1, -0.05) is 17.7 Å². The molecule has 3 nitrogen and oxygen atoms in total. The molecule has 1 amide bonds. The fraction of sp³-hybridized carbons (Fsp3) is 0.650. The zero-order valence-corrected chi connectivity index (χ0v) is 14.4. The SMILES string of the molecule is Cc1ccc(NC(=O)C[NH2+]C23CC4CC(CC(C4)C2)C3)c(C)c1. The molecule has 23 heavy (non-hydrogen) atoms. The van der Waals surface area contributed by atoms with E-state index < -0.39 is 0 Å². The Morgan fingerprint density at radius 1 is 1.13 bits per heavy atom. The minimum atomic E-state index is 0.146. The molecule has 4 aliphatic carbocycles. The van der Waals surface area contributed by atoms with Crippen molar-refractivity contribution < 1.29 is 10.1 Å². The summed E-state index contributed by atoms with van der Waals surface area (Å²) >= 11 is 0. The van der Waals surface area contributed by atoms with E-state index in [9.17, 15) is 4.79 Å². The maximum Gasteiger partial charge on any atom is 0.279 e. The van der Waals surface area contributed by atoms with E-state index in [0.29, 0.717) is 12.1 Å². The zero-order chi connectivity index (χ0) is 16.0. The number of carbonyl (C=O) groups excluding carboxylic acids is 1. The third kappa shape index (κ3) is 3.03. The van der Waals surface area contributed by atoms with Crippen LogP contribution in [0.2, 0.25) is 0 Å². The van der Waals surface area contributed by atoms with E-state index in [4.69, 9.17) is 0 Å². The van der Waals surface area contributed by atoms with Gasteiger partial charge in [0.05, 0.1) is 5.54 Å². The van der Waals surface area contributed by atoms with Crippen LogP contribution in [-0.2, 0) is 4.79 Å². The summed E-state index contributed by atoms with van der Waals surface area (Å²) in [6.45, 7) is 4.71. The van der Waals surface area contributed by atoms with Gasteiger partial charge in [0.2, 0.25) is 0 Å². The van der Waals surface area contributed by atoms with Crippen LogP contribution >= 0.6 is 0 Å². The van der Waals surface area contributed by atoms with Gasteiger partial charge in [-0.2, -0.15) is 0 Å². The molecule has 3 N–H and O–H groups in total. The summed E-state index contributed by atoms with van der Waals surface area (Å²) in [4.78, 5) is 12.4. The number of benzene rings is 1. The van der Waals surface area contributed by atoms with Crippen molar-refractivity contribution in [3.63, 3.8) is 0 Å². The first-order chi connectivity index (χ1) is 11.0. The molecule has 1 aromatic carbocycles. The monoisotopic (exact) mass is 313 g/mol. The average molecular weight is 313 g/mol. The van der Waals surface area contributed by atoms with Crippen LogP contribution in [0.3, 0.4) is 0 Å². The fourth-order valence-corrected chi connectivity index (χ4v) is 5.89. The van der Waals surface area contributed by atoms with E-state index >= 15 is 0 Å². The molecule has 1 aromatic rings. The Bertz CT molecular complexity index is 587. The zero-order valence-electron chi connectivity index (χ0n) is 14.4. The van der Waals surface area contributed by atoms with Crippen molar-refractivity contribution in [2.24, 2.45) is 17.8 Å². The van der Waals surface area contributed by atoms with Gasteiger partial charge in [0.25, 0.3) is 5.91 Å². The van der Waals surface area contributed by atoms with E-state index in [1.54, 1.807) is 0 Å². The second-order valence-corrected chi connectivity index (χ2v) is 8.55. The number of anilines is 1. The number of aryl methyl sites for hydroxylation is 2. The second-order valence-electron chi connectivity index (χ2n) is 8.55. The quantitative estimate of drug-likeness (QED) is 0.882. The number of carbonyl (C=O) groups is 1. The molecule has 5 rings (SSSR count). The smallest absolute Gasteiger partial charge is 0.279 e. The molecular formula is C20H29N2O+. The molecule has 3 heteroatoms. The van der Waals surface area contributed by atoms with Crippen LogP contribution < -0.4 is 10.6 Å². The van der Waals surface area contributed by atoms with E-state index in [1.165, 1.54) is 44.1 Å². The lowest BCUT2D eigenvalue weighted by Gasteiger charge is -2.54. The maximum atomic E-state index is 12.4. The van der Waals surface area contributed by atoms with Gasteiger partial charge in [0.15, 0.2) is 6.54 Å². The fourth-order valence-electron chi connectivity index (χ4n) is 5.89. The normalized spacial score (nSPS) is 34.6. The van der Waals surface area contributed by atoms with Crippen molar-refractivity contribution in [1.29, 1.82) is 0 Å². The Kier molecular flexibility index (Phi) is 3.72. The lowest BCUT2D eigenvalue weighted by Crippen LogP contribution is -3.00. The summed E-state index contributed by atoms with van der Waals surface area (Å²) in [5, 5.41) is 5.49. The molecule has 0 atom stereocenters. The van der Waals surface area contributed by atoms with Crippen molar-refractivity contribution in [2.75, 3.05) is 11.9 Å². The molecule has 0 radical (unpaired) electrons. The Morgan fingerprint density at radius 2 is 1.74 bits per heavy atom. The van der Waals surface area contributed by atoms with Crippen LogP contribution in [0.4, 0.5) is 5.69 Å². The van der Waals surface area contributed by atoms with Crippen molar-refractivity contribution in [3.05, 3.63) is 29.3 Å². The van der Waals surface area contributed by atoms with E-state index in [1.807, 2.05) is 6.07 Å². The Labute approximate surface area is 139 Å². The first-order valence-corrected chi connectivity index (χ1v) is 9.23. The highest BCUT2D eigenvalue weighted by Crippen LogP contribution is 2.54. The number of hydrogen-bond acceptors (Lipinski definition) is 1. The summed E-state index contributed by atoms with van der Waals surface area (Å²) < 4.78 is 0. The second kappa shape index (κ2) is 5.62. The van der Waals surface area contributed by atoms with Gasteiger partial charge in [0, 0.05) is 24.9 Å². The van der Waals surface area contributed by atoms with Gasteiger partial charge in [-0.05, 0) is 62.5 Å². The molecule has 4 aliphatic rings. The molecule has 0 heterocycles. The van der Waals surface area contributed by atoms with E-state index in [-0.39, 0.29) is 5.91 Å². The van der Waals surface area contributed by atoms with Gasteiger partial charge in [-0.15, -0.1) is 0 Å². The molecule has 0 unspecified atom stereocenters. The predicted octanol–water partition coefficient (Wildman–Crippen LogP) is 2.77. The number of hydrogen-bond donors (Lipinski definition) is 2. The highest BCUT2D eigenvalue weighted by atomic mass is 16.1. The molecular weight excluding hydrogens is 284 g/mol. The largest absolute Gasteiger partial charge is 0.334 e. The number of nitrogens with two attached hydrogens (primary N) is 1. The molecule has 0 spiro atoms. The molecule has 4 fully saturated rings. The van der Waals surface area contributed by atoms with Crippen molar-refractivity contribution in [3.8, 4) is 0 Å². The lowest BCUT2D eigenvalue weighted by molar-refractivity contribution is -0.729. The first kappa shape index (κ1) is 15.2. The molecule has 0 aliphatic heterocycles. The topological polar surface area (TPSA) is 45.7 Å². The highest BCUT2D eigenvalue weighted by Gasteiger charge is 2.53. The summed E-state index contributed by atoms with van der Waals surface area (Å²) in [6, 6.07) is 6.21. The minimum Gasteiger partial charge on any atom is -0.334 e. The van der Waals surface area contributed by atoms with Gasteiger partial charge in [0.1, 0.15) is 0 Å².